The molecule has 0 spiro atoms. The largest absolute Gasteiger partial charge is 0.480 e. The van der Waals surface area contributed by atoms with Crippen LogP contribution in [0.5, 0.6) is 0 Å². The fourth-order valence-corrected chi connectivity index (χ4v) is 5.23. The lowest BCUT2D eigenvalue weighted by Gasteiger charge is -2.35. The Morgan fingerprint density at radius 2 is 2.21 bits per heavy atom. The lowest BCUT2D eigenvalue weighted by Crippen LogP contribution is -2.52. The molecular formula is C24H25BrFN5O6S. The first-order valence-electron chi connectivity index (χ1n) is 11.7. The molecule has 0 aliphatic carbocycles. The summed E-state index contributed by atoms with van der Waals surface area (Å²) in [5, 5.41) is 16.8. The summed E-state index contributed by atoms with van der Waals surface area (Å²) in [6.07, 6.45) is 0.756. The topological polar surface area (TPSA) is 142 Å². The van der Waals surface area contributed by atoms with Gasteiger partial charge in [-0.2, -0.15) is 0 Å². The summed E-state index contributed by atoms with van der Waals surface area (Å²) in [6, 6.07) is 3.34. The number of carboxylic acids is 1. The zero-order valence-corrected chi connectivity index (χ0v) is 22.7. The monoisotopic (exact) mass is 609 g/mol. The van der Waals surface area contributed by atoms with Crippen molar-refractivity contribution < 1.29 is 33.4 Å². The summed E-state index contributed by atoms with van der Waals surface area (Å²) in [4.78, 5) is 47.5. The molecular weight excluding hydrogens is 585 g/mol. The molecule has 0 saturated carbocycles. The van der Waals surface area contributed by atoms with Crippen molar-refractivity contribution in [1.29, 1.82) is 0 Å². The minimum atomic E-state index is -1.16. The Hall–Kier alpha value is -3.20. The van der Waals surface area contributed by atoms with Crippen LogP contribution >= 0.6 is 27.3 Å². The molecule has 202 valence electrons. The van der Waals surface area contributed by atoms with E-state index >= 15 is 0 Å². The van der Waals surface area contributed by atoms with Crippen LogP contribution in [0.3, 0.4) is 0 Å². The Morgan fingerprint density at radius 3 is 2.89 bits per heavy atom. The van der Waals surface area contributed by atoms with E-state index in [9.17, 15) is 18.8 Å². The first-order valence-corrected chi connectivity index (χ1v) is 13.4. The zero-order chi connectivity index (χ0) is 27.2. The number of rotatable bonds is 9. The van der Waals surface area contributed by atoms with E-state index in [1.807, 2.05) is 4.90 Å². The van der Waals surface area contributed by atoms with Crippen molar-refractivity contribution in [3.8, 4) is 0 Å². The van der Waals surface area contributed by atoms with Gasteiger partial charge < -0.3 is 25.2 Å². The zero-order valence-electron chi connectivity index (χ0n) is 20.3. The van der Waals surface area contributed by atoms with Crippen LogP contribution in [0.1, 0.15) is 23.5 Å². The normalized spacial score (nSPS) is 19.9. The molecule has 2 unspecified atom stereocenters. The number of halogens is 2. The summed E-state index contributed by atoms with van der Waals surface area (Å²) in [5.41, 5.74) is 1.31. The highest BCUT2D eigenvalue weighted by molar-refractivity contribution is 9.10. The van der Waals surface area contributed by atoms with Crippen molar-refractivity contribution in [2.75, 3.05) is 39.4 Å². The van der Waals surface area contributed by atoms with Crippen LogP contribution in [0.15, 0.2) is 50.5 Å². The number of esters is 1. The second-order valence-electron chi connectivity index (χ2n) is 8.33. The Kier molecular flexibility index (Phi) is 9.20. The number of aliphatic imine (C=N–C) groups is 1. The molecule has 1 amide bonds. The average molecular weight is 610 g/mol. The van der Waals surface area contributed by atoms with Gasteiger partial charge in [0.05, 0.1) is 18.8 Å². The van der Waals surface area contributed by atoms with Gasteiger partial charge in [0, 0.05) is 41.4 Å². The van der Waals surface area contributed by atoms with Gasteiger partial charge in [0.15, 0.2) is 10.8 Å². The van der Waals surface area contributed by atoms with Crippen LogP contribution in [0.2, 0.25) is 0 Å². The van der Waals surface area contributed by atoms with E-state index in [0.29, 0.717) is 33.1 Å². The average Bonchev–Trinajstić information content (AvgIpc) is 3.42. The van der Waals surface area contributed by atoms with Gasteiger partial charge in [0.2, 0.25) is 0 Å². The standard InChI is InChI=1S/C24H25BrFN5O6S/c1-2-36-24(35)19-16(11-31-6-7-37-17(12-31)22(34)28-10-18(32)33)29-21(23-27-5-8-38-23)30-20(19)14-4-3-13(26)9-15(14)25/h3-5,8-9,17,20H,2,6-7,10-12H2,1H3,(H,28,34)(H,29,30)(H,32,33). The number of carbonyl (C=O) groups excluding carboxylic acids is 2. The first-order chi connectivity index (χ1) is 18.3. The number of amides is 1. The third-order valence-corrected chi connectivity index (χ3v) is 7.22. The Bertz CT molecular complexity index is 1270. The Balaban J connectivity index is 1.69. The molecule has 1 saturated heterocycles. The Labute approximate surface area is 229 Å². The smallest absolute Gasteiger partial charge is 0.338 e. The van der Waals surface area contributed by atoms with E-state index in [1.165, 1.54) is 23.5 Å². The molecule has 2 aliphatic rings. The Morgan fingerprint density at radius 1 is 1.39 bits per heavy atom. The SMILES string of the molecule is CCOC(=O)C1=C(CN2CCOC(C(=O)NCC(=O)O)C2)NC(c2nccs2)=NC1c1ccc(F)cc1Br. The van der Waals surface area contributed by atoms with E-state index in [4.69, 9.17) is 19.6 Å². The first kappa shape index (κ1) is 27.8. The number of hydrogen-bond donors (Lipinski definition) is 3. The number of carbonyl (C=O) groups is 3. The molecule has 4 rings (SSSR count). The van der Waals surface area contributed by atoms with E-state index in [2.05, 4.69) is 31.5 Å². The number of nitrogens with one attached hydrogen (secondary N) is 2. The van der Waals surface area contributed by atoms with Crippen molar-refractivity contribution in [3.63, 3.8) is 0 Å². The van der Waals surface area contributed by atoms with Gasteiger partial charge in [0.25, 0.3) is 5.91 Å². The third kappa shape index (κ3) is 6.62. The number of thiazole rings is 1. The minimum absolute atomic E-state index is 0.138. The van der Waals surface area contributed by atoms with E-state index in [0.717, 1.165) is 0 Å². The van der Waals surface area contributed by atoms with Gasteiger partial charge in [-0.3, -0.25) is 19.5 Å². The van der Waals surface area contributed by atoms with Crippen molar-refractivity contribution in [2.24, 2.45) is 4.99 Å². The van der Waals surface area contributed by atoms with Crippen molar-refractivity contribution in [2.45, 2.75) is 19.1 Å². The quantitative estimate of drug-likeness (QED) is 0.363. The van der Waals surface area contributed by atoms with Crippen LogP contribution in [0, 0.1) is 5.82 Å². The molecule has 2 aliphatic heterocycles. The molecule has 1 aromatic carbocycles. The maximum absolute atomic E-state index is 13.9. The number of carboxylic acid groups (broad SMARTS) is 1. The van der Waals surface area contributed by atoms with Crippen LogP contribution < -0.4 is 10.6 Å². The van der Waals surface area contributed by atoms with E-state index < -0.39 is 42.4 Å². The molecule has 1 fully saturated rings. The fourth-order valence-electron chi connectivity index (χ4n) is 4.07. The molecule has 3 N–H and O–H groups in total. The maximum atomic E-state index is 13.9. The van der Waals surface area contributed by atoms with Gasteiger partial charge in [0.1, 0.15) is 24.5 Å². The van der Waals surface area contributed by atoms with Crippen LogP contribution in [0.4, 0.5) is 4.39 Å². The number of morpholine rings is 1. The molecule has 1 aromatic heterocycles. The number of aromatic nitrogens is 1. The third-order valence-electron chi connectivity index (χ3n) is 5.75. The number of ether oxygens (including phenoxy) is 2. The summed E-state index contributed by atoms with van der Waals surface area (Å²) in [7, 11) is 0. The summed E-state index contributed by atoms with van der Waals surface area (Å²) < 4.78 is 25.3. The molecule has 3 heterocycles. The van der Waals surface area contributed by atoms with E-state index in [1.54, 1.807) is 24.6 Å². The summed E-state index contributed by atoms with van der Waals surface area (Å²) in [6.45, 7) is 2.39. The highest BCUT2D eigenvalue weighted by Crippen LogP contribution is 2.37. The number of hydrogen-bond acceptors (Lipinski definition) is 10. The number of aliphatic carboxylic acids is 1. The number of benzene rings is 1. The lowest BCUT2D eigenvalue weighted by atomic mass is 9.95. The van der Waals surface area contributed by atoms with Gasteiger partial charge in [-0.25, -0.2) is 14.2 Å². The predicted molar refractivity (Wildman–Crippen MR) is 139 cm³/mol. The minimum Gasteiger partial charge on any atom is -0.480 e. The highest BCUT2D eigenvalue weighted by atomic mass is 79.9. The summed E-state index contributed by atoms with van der Waals surface area (Å²) in [5.74, 6) is -2.28. The highest BCUT2D eigenvalue weighted by Gasteiger charge is 2.36. The lowest BCUT2D eigenvalue weighted by molar-refractivity contribution is -0.143. The van der Waals surface area contributed by atoms with Crippen molar-refractivity contribution in [1.82, 2.24) is 20.5 Å². The van der Waals surface area contributed by atoms with Gasteiger partial charge in [-0.05, 0) is 24.6 Å². The number of nitrogens with zero attached hydrogens (tertiary/aromatic N) is 3. The molecule has 38 heavy (non-hydrogen) atoms. The van der Waals surface area contributed by atoms with Gasteiger partial charge in [-0.15, -0.1) is 11.3 Å². The van der Waals surface area contributed by atoms with E-state index in [-0.39, 0.29) is 31.9 Å². The van der Waals surface area contributed by atoms with Crippen molar-refractivity contribution >= 4 is 50.9 Å². The molecule has 0 radical (unpaired) electrons. The number of amidine groups is 1. The van der Waals surface area contributed by atoms with Gasteiger partial charge >= 0.3 is 11.9 Å². The molecule has 0 bridgehead atoms. The second kappa shape index (κ2) is 12.6. The predicted octanol–water partition coefficient (Wildman–Crippen LogP) is 1.85. The molecule has 2 aromatic rings. The van der Waals surface area contributed by atoms with Crippen molar-refractivity contribution in [3.05, 3.63) is 61.9 Å². The van der Waals surface area contributed by atoms with Crippen LogP contribution in [0.25, 0.3) is 0 Å². The van der Waals surface area contributed by atoms with Crippen LogP contribution in [-0.2, 0) is 23.9 Å². The maximum Gasteiger partial charge on any atom is 0.338 e. The van der Waals surface area contributed by atoms with Gasteiger partial charge in [-0.1, -0.05) is 22.0 Å². The summed E-state index contributed by atoms with van der Waals surface area (Å²) >= 11 is 4.77. The molecule has 11 nitrogen and oxygen atoms in total. The van der Waals surface area contributed by atoms with Crippen LogP contribution in [-0.4, -0.2) is 84.2 Å². The molecule has 2 atom stereocenters. The second-order valence-corrected chi connectivity index (χ2v) is 10.1. The fraction of sp³-hybridized carbons (Fsp3) is 0.375. The molecule has 14 heteroatoms.